The lowest BCUT2D eigenvalue weighted by Crippen LogP contribution is -2.57. The number of imide groups is 1. The quantitative estimate of drug-likeness (QED) is 0.774. The summed E-state index contributed by atoms with van der Waals surface area (Å²) in [6.07, 6.45) is 1.63. The highest BCUT2D eigenvalue weighted by atomic mass is 16.2. The lowest BCUT2D eigenvalue weighted by Gasteiger charge is -2.31. The molecule has 3 rings (SSSR count). The molecule has 3 amide bonds. The van der Waals surface area contributed by atoms with E-state index in [1.54, 1.807) is 0 Å². The molecule has 19 heavy (non-hydrogen) atoms. The Labute approximate surface area is 112 Å². The summed E-state index contributed by atoms with van der Waals surface area (Å²) in [5, 5.41) is 6.05. The number of benzene rings is 1. The van der Waals surface area contributed by atoms with Crippen molar-refractivity contribution in [3.63, 3.8) is 0 Å². The van der Waals surface area contributed by atoms with Crippen molar-refractivity contribution in [2.24, 2.45) is 0 Å². The summed E-state index contributed by atoms with van der Waals surface area (Å²) in [7, 11) is 0. The number of carbonyl (C=O) groups is 2. The number of hydrogen-bond donors (Lipinski definition) is 2. The highest BCUT2D eigenvalue weighted by Crippen LogP contribution is 2.26. The van der Waals surface area contributed by atoms with Gasteiger partial charge in [-0.15, -0.1) is 0 Å². The van der Waals surface area contributed by atoms with Gasteiger partial charge >= 0.3 is 6.03 Å². The van der Waals surface area contributed by atoms with Crippen LogP contribution in [0.2, 0.25) is 0 Å². The monoisotopic (exact) mass is 259 g/mol. The Hall–Kier alpha value is -1.88. The van der Waals surface area contributed by atoms with Crippen LogP contribution in [-0.4, -0.2) is 35.5 Å². The van der Waals surface area contributed by atoms with Crippen molar-refractivity contribution >= 4 is 11.9 Å². The summed E-state index contributed by atoms with van der Waals surface area (Å²) in [4.78, 5) is 25.9. The Bertz CT molecular complexity index is 495. The van der Waals surface area contributed by atoms with Crippen LogP contribution in [0.1, 0.15) is 18.4 Å². The van der Waals surface area contributed by atoms with Gasteiger partial charge in [-0.1, -0.05) is 30.3 Å². The van der Waals surface area contributed by atoms with Gasteiger partial charge in [-0.25, -0.2) is 4.79 Å². The maximum atomic E-state index is 12.5. The van der Waals surface area contributed by atoms with E-state index in [1.165, 1.54) is 4.90 Å². The fourth-order valence-electron chi connectivity index (χ4n) is 2.78. The van der Waals surface area contributed by atoms with Crippen LogP contribution in [0.25, 0.3) is 0 Å². The molecule has 2 N–H and O–H groups in total. The number of piperidine rings is 1. The van der Waals surface area contributed by atoms with Crippen molar-refractivity contribution in [2.75, 3.05) is 13.1 Å². The number of rotatable bonds is 2. The summed E-state index contributed by atoms with van der Waals surface area (Å²) in [6, 6.07) is 9.30. The van der Waals surface area contributed by atoms with Gasteiger partial charge in [0.15, 0.2) is 0 Å². The normalized spacial score (nSPS) is 26.8. The molecule has 2 heterocycles. The van der Waals surface area contributed by atoms with E-state index in [-0.39, 0.29) is 11.9 Å². The SMILES string of the molecule is O=C1N[C@]2(CCCNC2)C(=O)N1Cc1ccccc1. The van der Waals surface area contributed by atoms with Gasteiger partial charge in [-0.3, -0.25) is 9.69 Å². The zero-order chi connectivity index (χ0) is 13.3. The molecule has 1 atom stereocenters. The highest BCUT2D eigenvalue weighted by molar-refractivity contribution is 6.07. The van der Waals surface area contributed by atoms with E-state index in [0.717, 1.165) is 24.9 Å². The van der Waals surface area contributed by atoms with Crippen LogP contribution in [0, 0.1) is 0 Å². The Morgan fingerprint density at radius 3 is 2.68 bits per heavy atom. The van der Waals surface area contributed by atoms with Gasteiger partial charge < -0.3 is 10.6 Å². The molecule has 2 fully saturated rings. The predicted octanol–water partition coefficient (Wildman–Crippen LogP) is 0.861. The molecule has 2 aliphatic heterocycles. The number of hydrogen-bond acceptors (Lipinski definition) is 3. The second-order valence-electron chi connectivity index (χ2n) is 5.17. The van der Waals surface area contributed by atoms with Crippen molar-refractivity contribution in [3.8, 4) is 0 Å². The zero-order valence-corrected chi connectivity index (χ0v) is 10.7. The van der Waals surface area contributed by atoms with E-state index in [0.29, 0.717) is 13.1 Å². The summed E-state index contributed by atoms with van der Waals surface area (Å²) in [6.45, 7) is 1.78. The van der Waals surface area contributed by atoms with Gasteiger partial charge in [-0.2, -0.15) is 0 Å². The topological polar surface area (TPSA) is 61.4 Å². The molecule has 0 saturated carbocycles. The summed E-state index contributed by atoms with van der Waals surface area (Å²) in [5.41, 5.74) is 0.247. The third-order valence-corrected chi connectivity index (χ3v) is 3.81. The fraction of sp³-hybridized carbons (Fsp3) is 0.429. The third kappa shape index (κ3) is 2.10. The first-order valence-corrected chi connectivity index (χ1v) is 6.60. The fourth-order valence-corrected chi connectivity index (χ4v) is 2.78. The second-order valence-corrected chi connectivity index (χ2v) is 5.17. The molecule has 0 aliphatic carbocycles. The third-order valence-electron chi connectivity index (χ3n) is 3.81. The number of nitrogens with one attached hydrogen (secondary N) is 2. The Kier molecular flexibility index (Phi) is 2.98. The first-order chi connectivity index (χ1) is 9.21. The van der Waals surface area contributed by atoms with Crippen molar-refractivity contribution < 1.29 is 9.59 Å². The average Bonchev–Trinajstić information content (AvgIpc) is 2.66. The van der Waals surface area contributed by atoms with Gasteiger partial charge in [-0.05, 0) is 24.9 Å². The maximum Gasteiger partial charge on any atom is 0.325 e. The molecular formula is C14H17N3O2. The van der Waals surface area contributed by atoms with E-state index in [9.17, 15) is 9.59 Å². The summed E-state index contributed by atoms with van der Waals surface area (Å²) < 4.78 is 0. The first-order valence-electron chi connectivity index (χ1n) is 6.60. The van der Waals surface area contributed by atoms with E-state index >= 15 is 0 Å². The predicted molar refractivity (Wildman–Crippen MR) is 70.4 cm³/mol. The number of amides is 3. The first kappa shape index (κ1) is 12.2. The van der Waals surface area contributed by atoms with E-state index in [1.807, 2.05) is 30.3 Å². The number of carbonyl (C=O) groups excluding carboxylic acids is 2. The lowest BCUT2D eigenvalue weighted by molar-refractivity contribution is -0.132. The molecular weight excluding hydrogens is 242 g/mol. The summed E-state index contributed by atoms with van der Waals surface area (Å²) in [5.74, 6) is -0.103. The lowest BCUT2D eigenvalue weighted by atomic mass is 9.90. The largest absolute Gasteiger partial charge is 0.325 e. The number of urea groups is 1. The van der Waals surface area contributed by atoms with Gasteiger partial charge in [0.05, 0.1) is 6.54 Å². The van der Waals surface area contributed by atoms with E-state index in [2.05, 4.69) is 10.6 Å². The molecule has 5 nitrogen and oxygen atoms in total. The van der Waals surface area contributed by atoms with Crippen LogP contribution in [0.3, 0.4) is 0 Å². The molecule has 1 spiro atoms. The van der Waals surface area contributed by atoms with E-state index in [4.69, 9.17) is 0 Å². The molecule has 1 aromatic rings. The van der Waals surface area contributed by atoms with Gasteiger partial charge in [0.25, 0.3) is 5.91 Å². The standard InChI is InChI=1S/C14H17N3O2/c18-12-14(7-4-8-15-10-14)16-13(19)17(12)9-11-5-2-1-3-6-11/h1-3,5-6,15H,4,7-10H2,(H,16,19)/t14-/m0/s1. The minimum absolute atomic E-state index is 0.103. The Morgan fingerprint density at radius 1 is 1.21 bits per heavy atom. The molecule has 0 unspecified atom stereocenters. The average molecular weight is 259 g/mol. The van der Waals surface area contributed by atoms with Gasteiger partial charge in [0, 0.05) is 6.54 Å². The molecule has 0 radical (unpaired) electrons. The maximum absolute atomic E-state index is 12.5. The van der Waals surface area contributed by atoms with Crippen LogP contribution >= 0.6 is 0 Å². The zero-order valence-electron chi connectivity index (χ0n) is 10.7. The number of nitrogens with zero attached hydrogens (tertiary/aromatic N) is 1. The molecule has 0 aromatic heterocycles. The van der Waals surface area contributed by atoms with Crippen LogP contribution in [0.15, 0.2) is 30.3 Å². The Balaban J connectivity index is 1.79. The molecule has 2 saturated heterocycles. The molecule has 0 bridgehead atoms. The molecule has 100 valence electrons. The van der Waals surface area contributed by atoms with Crippen LogP contribution in [-0.2, 0) is 11.3 Å². The van der Waals surface area contributed by atoms with Crippen molar-refractivity contribution in [3.05, 3.63) is 35.9 Å². The second kappa shape index (κ2) is 4.66. The Morgan fingerprint density at radius 2 is 2.00 bits per heavy atom. The smallest absolute Gasteiger partial charge is 0.322 e. The van der Waals surface area contributed by atoms with E-state index < -0.39 is 5.54 Å². The minimum Gasteiger partial charge on any atom is -0.322 e. The minimum atomic E-state index is -0.718. The molecule has 5 heteroatoms. The van der Waals surface area contributed by atoms with Crippen LogP contribution in [0.5, 0.6) is 0 Å². The highest BCUT2D eigenvalue weighted by Gasteiger charge is 2.51. The van der Waals surface area contributed by atoms with Crippen molar-refractivity contribution in [1.82, 2.24) is 15.5 Å². The van der Waals surface area contributed by atoms with Gasteiger partial charge in [0.1, 0.15) is 5.54 Å². The van der Waals surface area contributed by atoms with Gasteiger partial charge in [0.2, 0.25) is 0 Å². The molecule has 2 aliphatic rings. The van der Waals surface area contributed by atoms with Crippen molar-refractivity contribution in [1.29, 1.82) is 0 Å². The summed E-state index contributed by atoms with van der Waals surface area (Å²) >= 11 is 0. The van der Waals surface area contributed by atoms with Crippen LogP contribution < -0.4 is 10.6 Å². The van der Waals surface area contributed by atoms with Crippen molar-refractivity contribution in [2.45, 2.75) is 24.9 Å². The molecule has 1 aromatic carbocycles. The van der Waals surface area contributed by atoms with Crippen LogP contribution in [0.4, 0.5) is 4.79 Å².